The zero-order valence-corrected chi connectivity index (χ0v) is 12.7. The second-order valence-electron chi connectivity index (χ2n) is 4.72. The van der Waals surface area contributed by atoms with E-state index in [1.54, 1.807) is 4.90 Å². The van der Waals surface area contributed by atoms with Gasteiger partial charge in [0.2, 0.25) is 11.8 Å². The minimum atomic E-state index is -0.428. The molecule has 1 heterocycles. The quantitative estimate of drug-likeness (QED) is 0.908. The van der Waals surface area contributed by atoms with E-state index in [1.165, 1.54) is 0 Å². The van der Waals surface area contributed by atoms with Crippen molar-refractivity contribution in [3.8, 4) is 0 Å². The van der Waals surface area contributed by atoms with Crippen molar-refractivity contribution in [1.29, 1.82) is 0 Å². The fraction of sp³-hybridized carbons (Fsp3) is 0.429. The van der Waals surface area contributed by atoms with Crippen molar-refractivity contribution in [2.24, 2.45) is 0 Å². The summed E-state index contributed by atoms with van der Waals surface area (Å²) in [4.78, 5) is 25.8. The largest absolute Gasteiger partial charge is 0.344 e. The van der Waals surface area contributed by atoms with Crippen molar-refractivity contribution in [3.63, 3.8) is 0 Å². The van der Waals surface area contributed by atoms with E-state index in [1.807, 2.05) is 32.0 Å². The van der Waals surface area contributed by atoms with Gasteiger partial charge in [-0.05, 0) is 47.0 Å². The second kappa shape index (κ2) is 5.74. The summed E-state index contributed by atoms with van der Waals surface area (Å²) in [5.41, 5.74) is 1.92. The Kier molecular flexibility index (Phi) is 4.24. The minimum absolute atomic E-state index is 0.0420. The van der Waals surface area contributed by atoms with Gasteiger partial charge in [0, 0.05) is 17.4 Å². The molecule has 1 saturated heterocycles. The van der Waals surface area contributed by atoms with Gasteiger partial charge in [-0.2, -0.15) is 0 Å². The van der Waals surface area contributed by atoms with Crippen LogP contribution in [0, 0.1) is 6.92 Å². The zero-order valence-electron chi connectivity index (χ0n) is 11.1. The maximum absolute atomic E-state index is 12.5. The van der Waals surface area contributed by atoms with Gasteiger partial charge in [0.25, 0.3) is 0 Å². The maximum Gasteiger partial charge on any atom is 0.249 e. The van der Waals surface area contributed by atoms with E-state index in [0.717, 1.165) is 15.7 Å². The fourth-order valence-electron chi connectivity index (χ4n) is 2.19. The molecule has 1 aromatic carbocycles. The van der Waals surface area contributed by atoms with Crippen LogP contribution in [0.4, 0.5) is 5.69 Å². The van der Waals surface area contributed by atoms with Crippen LogP contribution in [0.15, 0.2) is 22.7 Å². The normalized spacial score (nSPS) is 20.2. The molecule has 1 aromatic rings. The van der Waals surface area contributed by atoms with Gasteiger partial charge in [0.05, 0.1) is 5.69 Å². The molecule has 5 heteroatoms. The van der Waals surface area contributed by atoms with E-state index >= 15 is 0 Å². The van der Waals surface area contributed by atoms with E-state index < -0.39 is 6.04 Å². The first-order chi connectivity index (χ1) is 9.02. The molecule has 1 unspecified atom stereocenters. The molecule has 0 radical (unpaired) electrons. The van der Waals surface area contributed by atoms with E-state index in [-0.39, 0.29) is 11.8 Å². The molecular weight excluding hydrogens is 308 g/mol. The van der Waals surface area contributed by atoms with Crippen molar-refractivity contribution in [3.05, 3.63) is 28.2 Å². The molecule has 1 fully saturated rings. The van der Waals surface area contributed by atoms with Gasteiger partial charge in [0.15, 0.2) is 0 Å². The number of amides is 2. The van der Waals surface area contributed by atoms with Crippen molar-refractivity contribution in [1.82, 2.24) is 5.32 Å². The standard InChI is InChI=1S/C14H17BrN2O2/c1-3-11-14(19)17(7-6-13(18)16-11)12-8-9(2)4-5-10(12)15/h4-5,8,11H,3,6-7H2,1-2H3,(H,16,18). The summed E-state index contributed by atoms with van der Waals surface area (Å²) >= 11 is 3.48. The molecule has 19 heavy (non-hydrogen) atoms. The first kappa shape index (κ1) is 14.1. The summed E-state index contributed by atoms with van der Waals surface area (Å²) in [6, 6.07) is 5.45. The molecule has 1 aliphatic heterocycles. The van der Waals surface area contributed by atoms with Crippen molar-refractivity contribution >= 4 is 33.4 Å². The van der Waals surface area contributed by atoms with Crippen LogP contribution in [0.25, 0.3) is 0 Å². The number of carbonyl (C=O) groups is 2. The number of aryl methyl sites for hydroxylation is 1. The number of hydrogen-bond acceptors (Lipinski definition) is 2. The Bertz CT molecular complexity index is 516. The maximum atomic E-state index is 12.5. The zero-order chi connectivity index (χ0) is 14.0. The number of anilines is 1. The molecule has 0 aromatic heterocycles. The number of benzene rings is 1. The van der Waals surface area contributed by atoms with Crippen LogP contribution in [0.3, 0.4) is 0 Å². The predicted octanol–water partition coefficient (Wildman–Crippen LogP) is 2.39. The van der Waals surface area contributed by atoms with Crippen LogP contribution in [0.2, 0.25) is 0 Å². The van der Waals surface area contributed by atoms with E-state index in [4.69, 9.17) is 0 Å². The monoisotopic (exact) mass is 324 g/mol. The van der Waals surface area contributed by atoms with Gasteiger partial charge in [-0.25, -0.2) is 0 Å². The topological polar surface area (TPSA) is 49.4 Å². The highest BCUT2D eigenvalue weighted by Crippen LogP contribution is 2.29. The Morgan fingerprint density at radius 1 is 1.42 bits per heavy atom. The molecule has 0 bridgehead atoms. The molecule has 0 saturated carbocycles. The Hall–Kier alpha value is -1.36. The first-order valence-corrected chi connectivity index (χ1v) is 7.19. The lowest BCUT2D eigenvalue weighted by Crippen LogP contribution is -2.44. The molecule has 1 atom stereocenters. The smallest absolute Gasteiger partial charge is 0.249 e. The van der Waals surface area contributed by atoms with Crippen LogP contribution in [-0.4, -0.2) is 24.4 Å². The Morgan fingerprint density at radius 3 is 2.84 bits per heavy atom. The number of halogens is 1. The average molecular weight is 325 g/mol. The number of rotatable bonds is 2. The van der Waals surface area contributed by atoms with Crippen LogP contribution >= 0.6 is 15.9 Å². The second-order valence-corrected chi connectivity index (χ2v) is 5.58. The lowest BCUT2D eigenvalue weighted by molar-refractivity contribution is -0.125. The number of hydrogen-bond donors (Lipinski definition) is 1. The molecule has 0 aliphatic carbocycles. The third-order valence-electron chi connectivity index (χ3n) is 3.26. The number of nitrogens with one attached hydrogen (secondary N) is 1. The summed E-state index contributed by atoms with van der Waals surface area (Å²) in [6.07, 6.45) is 0.938. The predicted molar refractivity (Wildman–Crippen MR) is 78.1 cm³/mol. The first-order valence-electron chi connectivity index (χ1n) is 6.39. The third kappa shape index (κ3) is 2.97. The molecule has 2 rings (SSSR count). The van der Waals surface area contributed by atoms with Gasteiger partial charge >= 0.3 is 0 Å². The molecular formula is C14H17BrN2O2. The van der Waals surface area contributed by atoms with Crippen LogP contribution < -0.4 is 10.2 Å². The molecule has 2 amide bonds. The highest BCUT2D eigenvalue weighted by molar-refractivity contribution is 9.10. The Morgan fingerprint density at radius 2 is 2.16 bits per heavy atom. The van der Waals surface area contributed by atoms with Gasteiger partial charge in [-0.15, -0.1) is 0 Å². The van der Waals surface area contributed by atoms with E-state index in [0.29, 0.717) is 19.4 Å². The molecule has 102 valence electrons. The van der Waals surface area contributed by atoms with E-state index in [2.05, 4.69) is 21.2 Å². The fourth-order valence-corrected chi connectivity index (χ4v) is 2.65. The highest BCUT2D eigenvalue weighted by Gasteiger charge is 2.30. The summed E-state index contributed by atoms with van der Waals surface area (Å²) in [7, 11) is 0. The third-order valence-corrected chi connectivity index (χ3v) is 3.93. The van der Waals surface area contributed by atoms with Gasteiger partial charge < -0.3 is 10.2 Å². The average Bonchev–Trinajstić information content (AvgIpc) is 2.52. The van der Waals surface area contributed by atoms with Gasteiger partial charge in [0.1, 0.15) is 6.04 Å². The highest BCUT2D eigenvalue weighted by atomic mass is 79.9. The van der Waals surface area contributed by atoms with Gasteiger partial charge in [-0.3, -0.25) is 9.59 Å². The molecule has 1 aliphatic rings. The van der Waals surface area contributed by atoms with Gasteiger partial charge in [-0.1, -0.05) is 13.0 Å². The summed E-state index contributed by atoms with van der Waals surface area (Å²) in [5, 5.41) is 2.77. The van der Waals surface area contributed by atoms with Crippen molar-refractivity contribution in [2.45, 2.75) is 32.7 Å². The lowest BCUT2D eigenvalue weighted by atomic mass is 10.1. The van der Waals surface area contributed by atoms with Crippen LogP contribution in [0.1, 0.15) is 25.3 Å². The van der Waals surface area contributed by atoms with Crippen LogP contribution in [0.5, 0.6) is 0 Å². The van der Waals surface area contributed by atoms with Crippen molar-refractivity contribution < 1.29 is 9.59 Å². The van der Waals surface area contributed by atoms with Crippen LogP contribution in [-0.2, 0) is 9.59 Å². The number of nitrogens with zero attached hydrogens (tertiary/aromatic N) is 1. The molecule has 4 nitrogen and oxygen atoms in total. The Labute approximate surface area is 121 Å². The summed E-state index contributed by atoms with van der Waals surface area (Å²) in [5.74, 6) is -0.105. The Balaban J connectivity index is 2.38. The SMILES string of the molecule is CCC1NC(=O)CCN(c2cc(C)ccc2Br)C1=O. The van der Waals surface area contributed by atoms with E-state index in [9.17, 15) is 9.59 Å². The number of carbonyl (C=O) groups excluding carboxylic acids is 2. The molecule has 0 spiro atoms. The summed E-state index contributed by atoms with van der Waals surface area (Å²) in [6.45, 7) is 4.31. The molecule has 1 N–H and O–H groups in total. The minimum Gasteiger partial charge on any atom is -0.344 e. The lowest BCUT2D eigenvalue weighted by Gasteiger charge is -2.25. The van der Waals surface area contributed by atoms with Crippen molar-refractivity contribution in [2.75, 3.05) is 11.4 Å². The summed E-state index contributed by atoms with van der Waals surface area (Å²) < 4.78 is 0.871.